The highest BCUT2D eigenvalue weighted by Crippen LogP contribution is 2.16. The van der Waals surface area contributed by atoms with Crippen LogP contribution in [0.25, 0.3) is 5.52 Å². The fraction of sp³-hybridized carbons (Fsp3) is 0.100. The Bertz CT molecular complexity index is 487. The molecule has 2 heterocycles. The van der Waals surface area contributed by atoms with Crippen molar-refractivity contribution in [2.45, 2.75) is 0 Å². The van der Waals surface area contributed by atoms with E-state index < -0.39 is 5.97 Å². The van der Waals surface area contributed by atoms with Crippen LogP contribution in [0.3, 0.4) is 0 Å². The Morgan fingerprint density at radius 1 is 1.43 bits per heavy atom. The second-order valence-electron chi connectivity index (χ2n) is 2.89. The fourth-order valence-electron chi connectivity index (χ4n) is 1.37. The molecule has 2 rings (SSSR count). The Labute approximate surface area is 80.3 Å². The highest BCUT2D eigenvalue weighted by molar-refractivity contribution is 5.89. The molecule has 0 spiro atoms. The summed E-state index contributed by atoms with van der Waals surface area (Å²) in [7, 11) is 1.34. The van der Waals surface area contributed by atoms with E-state index in [9.17, 15) is 9.90 Å². The predicted molar refractivity (Wildman–Crippen MR) is 50.4 cm³/mol. The second kappa shape index (κ2) is 3.06. The molecule has 4 heteroatoms. The number of ether oxygens (including phenoxy) is 1. The van der Waals surface area contributed by atoms with Gasteiger partial charge in [0.1, 0.15) is 11.4 Å². The summed E-state index contributed by atoms with van der Waals surface area (Å²) in [6.45, 7) is 0. The van der Waals surface area contributed by atoms with Crippen LogP contribution in [0.5, 0.6) is 5.75 Å². The second-order valence-corrected chi connectivity index (χ2v) is 2.89. The summed E-state index contributed by atoms with van der Waals surface area (Å²) in [6.07, 6.45) is 1.62. The maximum Gasteiger partial charge on any atom is 0.355 e. The van der Waals surface area contributed by atoms with Crippen molar-refractivity contribution in [1.82, 2.24) is 4.40 Å². The topological polar surface area (TPSA) is 50.9 Å². The number of hydrogen-bond acceptors (Lipinski definition) is 3. The summed E-state index contributed by atoms with van der Waals surface area (Å²) in [5, 5.41) is 9.21. The lowest BCUT2D eigenvalue weighted by molar-refractivity contribution is 0.0593. The number of fused-ring (bicyclic) bond motifs is 1. The van der Waals surface area contributed by atoms with Gasteiger partial charge in [0.05, 0.1) is 7.11 Å². The largest absolute Gasteiger partial charge is 0.508 e. The summed E-state index contributed by atoms with van der Waals surface area (Å²) in [4.78, 5) is 11.3. The number of carbonyl (C=O) groups excluding carboxylic acids is 1. The van der Waals surface area contributed by atoms with Crippen molar-refractivity contribution in [2.24, 2.45) is 0 Å². The molecule has 0 aromatic carbocycles. The van der Waals surface area contributed by atoms with Crippen LogP contribution in [0.15, 0.2) is 30.5 Å². The van der Waals surface area contributed by atoms with Crippen LogP contribution in [0.4, 0.5) is 0 Å². The standard InChI is InChI=1S/C10H9NO3/c1-14-10(13)9-3-2-7-6-8(12)4-5-11(7)9/h2-6,12H,1H3. The molecule has 0 unspecified atom stereocenters. The molecule has 14 heavy (non-hydrogen) atoms. The van der Waals surface area contributed by atoms with E-state index in [1.54, 1.807) is 28.8 Å². The van der Waals surface area contributed by atoms with Gasteiger partial charge in [-0.25, -0.2) is 4.79 Å². The van der Waals surface area contributed by atoms with Gasteiger partial charge in [-0.3, -0.25) is 0 Å². The molecular weight excluding hydrogens is 182 g/mol. The predicted octanol–water partition coefficient (Wildman–Crippen LogP) is 1.43. The van der Waals surface area contributed by atoms with Crippen molar-refractivity contribution in [2.75, 3.05) is 7.11 Å². The number of nitrogens with zero attached hydrogens (tertiary/aromatic N) is 1. The molecule has 1 N–H and O–H groups in total. The number of rotatable bonds is 1. The van der Waals surface area contributed by atoms with Gasteiger partial charge in [0, 0.05) is 17.8 Å². The smallest absolute Gasteiger partial charge is 0.355 e. The van der Waals surface area contributed by atoms with E-state index in [0.29, 0.717) is 5.69 Å². The maximum absolute atomic E-state index is 11.3. The van der Waals surface area contributed by atoms with E-state index in [2.05, 4.69) is 4.74 Å². The van der Waals surface area contributed by atoms with Crippen molar-refractivity contribution < 1.29 is 14.6 Å². The molecule has 0 bridgehead atoms. The zero-order chi connectivity index (χ0) is 10.1. The minimum atomic E-state index is -0.393. The molecule has 2 aromatic rings. The van der Waals surface area contributed by atoms with E-state index in [1.807, 2.05) is 0 Å². The van der Waals surface area contributed by atoms with Gasteiger partial charge in [-0.1, -0.05) is 0 Å². The van der Waals surface area contributed by atoms with Crippen LogP contribution in [0.2, 0.25) is 0 Å². The highest BCUT2D eigenvalue weighted by atomic mass is 16.5. The number of hydrogen-bond donors (Lipinski definition) is 1. The Balaban J connectivity index is 2.64. The quantitative estimate of drug-likeness (QED) is 0.694. The number of pyridine rings is 1. The Morgan fingerprint density at radius 2 is 2.21 bits per heavy atom. The summed E-state index contributed by atoms with van der Waals surface area (Å²) < 4.78 is 6.27. The first-order chi connectivity index (χ1) is 6.72. The van der Waals surface area contributed by atoms with Gasteiger partial charge in [-0.05, 0) is 18.2 Å². The van der Waals surface area contributed by atoms with Gasteiger partial charge < -0.3 is 14.2 Å². The number of carbonyl (C=O) groups is 1. The van der Waals surface area contributed by atoms with Crippen molar-refractivity contribution in [3.05, 3.63) is 36.2 Å². The van der Waals surface area contributed by atoms with Crippen LogP contribution in [0, 0.1) is 0 Å². The summed E-state index contributed by atoms with van der Waals surface area (Å²) in [5.41, 5.74) is 1.20. The fourth-order valence-corrected chi connectivity index (χ4v) is 1.37. The summed E-state index contributed by atoms with van der Waals surface area (Å²) in [5.74, 6) is -0.220. The molecule has 2 aromatic heterocycles. The van der Waals surface area contributed by atoms with Crippen LogP contribution in [-0.2, 0) is 4.74 Å². The van der Waals surface area contributed by atoms with E-state index in [4.69, 9.17) is 0 Å². The van der Waals surface area contributed by atoms with Crippen LogP contribution in [-0.4, -0.2) is 22.6 Å². The summed E-state index contributed by atoms with van der Waals surface area (Å²) >= 11 is 0. The van der Waals surface area contributed by atoms with E-state index in [-0.39, 0.29) is 5.75 Å². The molecule has 0 aliphatic carbocycles. The monoisotopic (exact) mass is 191 g/mol. The normalized spacial score (nSPS) is 10.4. The van der Waals surface area contributed by atoms with Gasteiger partial charge in [0.25, 0.3) is 0 Å². The van der Waals surface area contributed by atoms with E-state index >= 15 is 0 Å². The molecule has 72 valence electrons. The number of aromatic nitrogens is 1. The average molecular weight is 191 g/mol. The number of aromatic hydroxyl groups is 1. The van der Waals surface area contributed by atoms with Gasteiger partial charge in [-0.15, -0.1) is 0 Å². The van der Waals surface area contributed by atoms with E-state index in [1.165, 1.54) is 13.2 Å². The lowest BCUT2D eigenvalue weighted by Crippen LogP contribution is -2.04. The number of esters is 1. The van der Waals surface area contributed by atoms with Crippen LogP contribution in [0.1, 0.15) is 10.5 Å². The Hall–Kier alpha value is -1.97. The van der Waals surface area contributed by atoms with Gasteiger partial charge in [-0.2, -0.15) is 0 Å². The van der Waals surface area contributed by atoms with Crippen LogP contribution < -0.4 is 0 Å². The minimum absolute atomic E-state index is 0.173. The lowest BCUT2D eigenvalue weighted by Gasteiger charge is -2.00. The van der Waals surface area contributed by atoms with E-state index in [0.717, 1.165) is 5.52 Å². The van der Waals surface area contributed by atoms with Crippen molar-refractivity contribution in [3.63, 3.8) is 0 Å². The molecule has 0 aliphatic rings. The third-order valence-electron chi connectivity index (χ3n) is 2.03. The molecule has 0 radical (unpaired) electrons. The maximum atomic E-state index is 11.3. The minimum Gasteiger partial charge on any atom is -0.508 e. The van der Waals surface area contributed by atoms with Crippen molar-refractivity contribution in [3.8, 4) is 5.75 Å². The number of methoxy groups -OCH3 is 1. The third-order valence-corrected chi connectivity index (χ3v) is 2.03. The molecule has 0 saturated heterocycles. The van der Waals surface area contributed by atoms with Gasteiger partial charge in [0.2, 0.25) is 0 Å². The highest BCUT2D eigenvalue weighted by Gasteiger charge is 2.10. The van der Waals surface area contributed by atoms with Gasteiger partial charge in [0.15, 0.2) is 0 Å². The first-order valence-electron chi connectivity index (χ1n) is 4.11. The Kier molecular flexibility index (Phi) is 1.89. The van der Waals surface area contributed by atoms with Gasteiger partial charge >= 0.3 is 5.97 Å². The third kappa shape index (κ3) is 1.21. The molecule has 0 fully saturated rings. The first kappa shape index (κ1) is 8.62. The van der Waals surface area contributed by atoms with Crippen molar-refractivity contribution in [1.29, 1.82) is 0 Å². The van der Waals surface area contributed by atoms with Crippen LogP contribution >= 0.6 is 0 Å². The molecule has 0 atom stereocenters. The SMILES string of the molecule is COC(=O)c1ccc2cc(O)ccn12. The summed E-state index contributed by atoms with van der Waals surface area (Å²) in [6, 6.07) is 6.48. The molecule has 0 saturated carbocycles. The molecule has 4 nitrogen and oxygen atoms in total. The molecule has 0 aliphatic heterocycles. The zero-order valence-electron chi connectivity index (χ0n) is 7.60. The first-order valence-corrected chi connectivity index (χ1v) is 4.11. The average Bonchev–Trinajstić information content (AvgIpc) is 2.59. The lowest BCUT2D eigenvalue weighted by atomic mass is 10.4. The zero-order valence-corrected chi connectivity index (χ0v) is 7.60. The van der Waals surface area contributed by atoms with Crippen molar-refractivity contribution >= 4 is 11.5 Å². The molecular formula is C10H9NO3. The molecule has 0 amide bonds. The Morgan fingerprint density at radius 3 is 2.93 bits per heavy atom.